The summed E-state index contributed by atoms with van der Waals surface area (Å²) in [5.41, 5.74) is -4.58. The van der Waals surface area contributed by atoms with Crippen molar-refractivity contribution in [2.24, 2.45) is 0 Å². The molecule has 10 heteroatoms. The van der Waals surface area contributed by atoms with Crippen LogP contribution in [-0.2, 0) is 35.1 Å². The lowest BCUT2D eigenvalue weighted by molar-refractivity contribution is -0.180. The normalized spacial score (nSPS) is 30.7. The van der Waals surface area contributed by atoms with Crippen LogP contribution in [0, 0.1) is 0 Å². The summed E-state index contributed by atoms with van der Waals surface area (Å²) >= 11 is 0. The third-order valence-corrected chi connectivity index (χ3v) is 4.48. The highest BCUT2D eigenvalue weighted by Crippen LogP contribution is 2.39. The minimum absolute atomic E-state index is 0.241. The predicted octanol–water partition coefficient (Wildman–Crippen LogP) is 1.56. The number of alkyl halides is 3. The van der Waals surface area contributed by atoms with Crippen LogP contribution in [0.25, 0.3) is 0 Å². The molecule has 0 bridgehead atoms. The number of fused-ring (bicyclic) bond motifs is 1. The molecule has 2 saturated heterocycles. The number of hydrogen-bond acceptors (Lipinski definition) is 6. The van der Waals surface area contributed by atoms with Gasteiger partial charge in [-0.3, -0.25) is 4.18 Å². The van der Waals surface area contributed by atoms with Crippen molar-refractivity contribution in [1.82, 2.24) is 0 Å². The Labute approximate surface area is 130 Å². The Morgan fingerprint density at radius 1 is 1.17 bits per heavy atom. The Bertz CT molecular complexity index is 647. The van der Waals surface area contributed by atoms with Crippen LogP contribution in [0.2, 0.25) is 0 Å². The zero-order valence-electron chi connectivity index (χ0n) is 11.6. The molecule has 0 spiro atoms. The van der Waals surface area contributed by atoms with E-state index in [-0.39, 0.29) is 13.2 Å². The van der Waals surface area contributed by atoms with E-state index in [0.717, 1.165) is 5.56 Å². The molecule has 0 aliphatic carbocycles. The molecule has 2 aliphatic rings. The van der Waals surface area contributed by atoms with E-state index < -0.39 is 40.2 Å². The summed E-state index contributed by atoms with van der Waals surface area (Å²) < 4.78 is 78.9. The molecule has 0 saturated carbocycles. The summed E-state index contributed by atoms with van der Waals surface area (Å²) in [5.74, 6) is 0. The minimum atomic E-state index is -5.68. The van der Waals surface area contributed by atoms with Crippen molar-refractivity contribution in [3.05, 3.63) is 35.9 Å². The van der Waals surface area contributed by atoms with E-state index in [1.807, 2.05) is 30.3 Å². The van der Waals surface area contributed by atoms with Crippen molar-refractivity contribution in [3.63, 3.8) is 0 Å². The first-order valence-corrected chi connectivity index (χ1v) is 8.11. The van der Waals surface area contributed by atoms with Gasteiger partial charge in [-0.25, -0.2) is 0 Å². The molecule has 0 amide bonds. The van der Waals surface area contributed by atoms with Gasteiger partial charge < -0.3 is 14.2 Å². The molecule has 2 fully saturated rings. The Balaban J connectivity index is 1.53. The first kappa shape index (κ1) is 16.7. The molecule has 6 nitrogen and oxygen atoms in total. The third kappa shape index (κ3) is 3.66. The van der Waals surface area contributed by atoms with Crippen LogP contribution < -0.4 is 0 Å². The van der Waals surface area contributed by atoms with Crippen LogP contribution in [0.15, 0.2) is 30.3 Å². The summed E-state index contributed by atoms with van der Waals surface area (Å²) in [6.45, 7) is -0.125. The second-order valence-electron chi connectivity index (χ2n) is 5.10. The Morgan fingerprint density at radius 2 is 1.87 bits per heavy atom. The molecule has 3 rings (SSSR count). The van der Waals surface area contributed by atoms with E-state index in [2.05, 4.69) is 4.18 Å². The van der Waals surface area contributed by atoms with Crippen LogP contribution in [0.3, 0.4) is 0 Å². The molecule has 0 unspecified atom stereocenters. The maximum Gasteiger partial charge on any atom is 0.523 e. The fourth-order valence-electron chi connectivity index (χ4n) is 2.23. The highest BCUT2D eigenvalue weighted by atomic mass is 32.2. The zero-order chi connectivity index (χ0) is 16.7. The lowest BCUT2D eigenvalue weighted by Gasteiger charge is -2.25. The molecule has 2 aliphatic heterocycles. The van der Waals surface area contributed by atoms with E-state index in [1.54, 1.807) is 0 Å². The topological polar surface area (TPSA) is 74.4 Å². The second-order valence-corrected chi connectivity index (χ2v) is 6.66. The van der Waals surface area contributed by atoms with E-state index >= 15 is 0 Å². The van der Waals surface area contributed by atoms with Crippen LogP contribution in [0.5, 0.6) is 0 Å². The Morgan fingerprint density at radius 3 is 2.52 bits per heavy atom. The van der Waals surface area contributed by atoms with E-state index in [0.29, 0.717) is 0 Å². The second kappa shape index (κ2) is 6.02. The van der Waals surface area contributed by atoms with Gasteiger partial charge in [0.2, 0.25) is 0 Å². The molecule has 4 atom stereocenters. The molecule has 1 aromatic carbocycles. The predicted molar refractivity (Wildman–Crippen MR) is 69.5 cm³/mol. The van der Waals surface area contributed by atoms with Crippen molar-refractivity contribution in [2.75, 3.05) is 6.61 Å². The molecule has 0 aromatic heterocycles. The van der Waals surface area contributed by atoms with Gasteiger partial charge >= 0.3 is 15.6 Å². The number of ether oxygens (including phenoxy) is 3. The average Bonchev–Trinajstić information content (AvgIpc) is 3.27. The Kier molecular flexibility index (Phi) is 4.36. The maximum atomic E-state index is 12.3. The van der Waals surface area contributed by atoms with Crippen LogP contribution in [-0.4, -0.2) is 45.1 Å². The largest absolute Gasteiger partial charge is 0.523 e. The minimum Gasteiger partial charge on any atom is -0.361 e. The molecule has 1 aromatic rings. The smallest absolute Gasteiger partial charge is 0.361 e. The third-order valence-electron chi connectivity index (χ3n) is 3.41. The summed E-state index contributed by atoms with van der Waals surface area (Å²) in [5, 5.41) is 0. The van der Waals surface area contributed by atoms with E-state index in [9.17, 15) is 21.6 Å². The SMILES string of the molecule is O=S(=O)(O[C@H]1CO[C@H](OCc2ccccc2)[C@H]2O[C@@H]21)C(F)(F)F. The highest BCUT2D eigenvalue weighted by molar-refractivity contribution is 7.87. The standard InChI is InChI=1S/C13H13F3O6S/c14-13(15,16)23(17,18)22-9-7-20-12(11-10(9)21-11)19-6-8-4-2-1-3-5-8/h1-5,9-12H,6-7H2/t9-,10+,11-,12-/m0/s1. The van der Waals surface area contributed by atoms with Crippen molar-refractivity contribution in [1.29, 1.82) is 0 Å². The molecular weight excluding hydrogens is 341 g/mol. The van der Waals surface area contributed by atoms with E-state index in [1.165, 1.54) is 0 Å². The monoisotopic (exact) mass is 354 g/mol. The first-order chi connectivity index (χ1) is 10.8. The summed E-state index contributed by atoms with van der Waals surface area (Å²) in [7, 11) is -5.68. The lowest BCUT2D eigenvalue weighted by atomic mass is 10.1. The number of halogens is 3. The van der Waals surface area contributed by atoms with Gasteiger partial charge in [0.25, 0.3) is 0 Å². The lowest BCUT2D eigenvalue weighted by Crippen LogP contribution is -2.43. The van der Waals surface area contributed by atoms with Gasteiger partial charge in [0.15, 0.2) is 6.29 Å². The molecular formula is C13H13F3O6S. The number of benzene rings is 1. The van der Waals surface area contributed by atoms with Gasteiger partial charge in [0.1, 0.15) is 18.3 Å². The average molecular weight is 354 g/mol. The molecule has 2 heterocycles. The molecule has 0 radical (unpaired) electrons. The molecule has 0 N–H and O–H groups in total. The number of epoxide rings is 1. The quantitative estimate of drug-likeness (QED) is 0.454. The molecule has 128 valence electrons. The summed E-state index contributed by atoms with van der Waals surface area (Å²) in [4.78, 5) is 0. The fourth-order valence-corrected chi connectivity index (χ4v) is 2.83. The Hall–Kier alpha value is -1.20. The fraction of sp³-hybridized carbons (Fsp3) is 0.538. The number of rotatable bonds is 5. The van der Waals surface area contributed by atoms with Gasteiger partial charge in [-0.1, -0.05) is 30.3 Å². The van der Waals surface area contributed by atoms with Gasteiger partial charge in [0, 0.05) is 0 Å². The van der Waals surface area contributed by atoms with Crippen molar-refractivity contribution < 1.29 is 40.0 Å². The van der Waals surface area contributed by atoms with Crippen LogP contribution in [0.1, 0.15) is 5.56 Å². The van der Waals surface area contributed by atoms with Crippen molar-refractivity contribution in [2.45, 2.75) is 36.7 Å². The van der Waals surface area contributed by atoms with Gasteiger partial charge in [0.05, 0.1) is 13.2 Å². The van der Waals surface area contributed by atoms with Crippen LogP contribution in [0.4, 0.5) is 13.2 Å². The zero-order valence-corrected chi connectivity index (χ0v) is 12.4. The van der Waals surface area contributed by atoms with Crippen molar-refractivity contribution in [3.8, 4) is 0 Å². The van der Waals surface area contributed by atoms with E-state index in [4.69, 9.17) is 14.2 Å². The molecule has 23 heavy (non-hydrogen) atoms. The van der Waals surface area contributed by atoms with Crippen molar-refractivity contribution >= 4 is 10.1 Å². The number of hydrogen-bond donors (Lipinski definition) is 0. The maximum absolute atomic E-state index is 12.3. The highest BCUT2D eigenvalue weighted by Gasteiger charge is 2.59. The summed E-state index contributed by atoms with van der Waals surface area (Å²) in [6.07, 6.45) is -3.53. The summed E-state index contributed by atoms with van der Waals surface area (Å²) in [6, 6.07) is 9.21. The van der Waals surface area contributed by atoms with Gasteiger partial charge in [-0.2, -0.15) is 21.6 Å². The van der Waals surface area contributed by atoms with Gasteiger partial charge in [-0.05, 0) is 5.56 Å². The first-order valence-electron chi connectivity index (χ1n) is 6.70. The van der Waals surface area contributed by atoms with Crippen LogP contribution >= 0.6 is 0 Å². The van der Waals surface area contributed by atoms with Gasteiger partial charge in [-0.15, -0.1) is 0 Å².